The van der Waals surface area contributed by atoms with Crippen molar-refractivity contribution in [1.29, 1.82) is 0 Å². The van der Waals surface area contributed by atoms with E-state index in [9.17, 15) is 18.3 Å². The Morgan fingerprint density at radius 3 is 2.46 bits per heavy atom. The normalized spacial score (nSPS) is 11.6. The molecule has 0 aromatic heterocycles. The van der Waals surface area contributed by atoms with E-state index in [0.717, 1.165) is 21.3 Å². The average molecular weight is 397 g/mol. The number of amides is 1. The molecule has 0 saturated carbocycles. The number of benzene rings is 3. The molecule has 3 rings (SSSR count). The molecule has 3 aromatic rings. The molecule has 0 spiro atoms. The summed E-state index contributed by atoms with van der Waals surface area (Å²) in [6.45, 7) is -0.415. The van der Waals surface area contributed by atoms with Gasteiger partial charge in [-0.2, -0.15) is 5.10 Å². The first-order valence-corrected chi connectivity index (χ1v) is 10.3. The molecule has 0 radical (unpaired) electrons. The number of carbonyl (C=O) groups excluding carboxylic acids is 1. The van der Waals surface area contributed by atoms with E-state index in [0.29, 0.717) is 11.3 Å². The fraction of sp³-hybridized carbons (Fsp3) is 0.100. The fourth-order valence-corrected chi connectivity index (χ4v) is 3.61. The van der Waals surface area contributed by atoms with Gasteiger partial charge in [-0.25, -0.2) is 13.8 Å². The number of anilines is 1. The number of phenols is 1. The highest BCUT2D eigenvalue weighted by Gasteiger charge is 2.20. The lowest BCUT2D eigenvalue weighted by Gasteiger charge is -2.21. The maximum Gasteiger partial charge on any atom is 0.260 e. The molecule has 28 heavy (non-hydrogen) atoms. The molecule has 7 nitrogen and oxygen atoms in total. The van der Waals surface area contributed by atoms with Crippen molar-refractivity contribution in [2.24, 2.45) is 5.10 Å². The van der Waals surface area contributed by atoms with Crippen molar-refractivity contribution in [3.63, 3.8) is 0 Å². The number of phenolic OH excluding ortho intramolecular Hbond substituents is 1. The summed E-state index contributed by atoms with van der Waals surface area (Å²) in [5, 5.41) is 15.7. The summed E-state index contributed by atoms with van der Waals surface area (Å²) < 4.78 is 25.0. The van der Waals surface area contributed by atoms with Crippen LogP contribution in [0, 0.1) is 0 Å². The van der Waals surface area contributed by atoms with Crippen molar-refractivity contribution >= 4 is 38.6 Å². The predicted molar refractivity (Wildman–Crippen MR) is 110 cm³/mol. The summed E-state index contributed by atoms with van der Waals surface area (Å²) in [6.07, 6.45) is 2.37. The van der Waals surface area contributed by atoms with E-state index in [2.05, 4.69) is 10.5 Å². The number of hydrogen-bond donors (Lipinski definition) is 2. The molecule has 0 aliphatic heterocycles. The third-order valence-electron chi connectivity index (χ3n) is 4.06. The van der Waals surface area contributed by atoms with Gasteiger partial charge in [-0.3, -0.25) is 9.10 Å². The number of aromatic hydroxyl groups is 1. The highest BCUT2D eigenvalue weighted by molar-refractivity contribution is 7.92. The quantitative estimate of drug-likeness (QED) is 0.493. The van der Waals surface area contributed by atoms with Crippen molar-refractivity contribution < 1.29 is 18.3 Å². The highest BCUT2D eigenvalue weighted by Crippen LogP contribution is 2.25. The lowest BCUT2D eigenvalue weighted by Crippen LogP contribution is -2.38. The first-order chi connectivity index (χ1) is 13.4. The molecule has 0 atom stereocenters. The summed E-state index contributed by atoms with van der Waals surface area (Å²) >= 11 is 0. The SMILES string of the molecule is CS(=O)(=O)N(CC(=O)N/N=C\c1c(O)ccc2ccccc12)c1ccccc1. The second kappa shape index (κ2) is 8.10. The van der Waals surface area contributed by atoms with E-state index in [4.69, 9.17) is 0 Å². The van der Waals surface area contributed by atoms with Gasteiger partial charge in [0.2, 0.25) is 10.0 Å². The molecule has 0 fully saturated rings. The lowest BCUT2D eigenvalue weighted by molar-refractivity contribution is -0.119. The first kappa shape index (κ1) is 19.4. The van der Waals surface area contributed by atoms with Crippen LogP contribution in [0.1, 0.15) is 5.56 Å². The van der Waals surface area contributed by atoms with Crippen LogP contribution < -0.4 is 9.73 Å². The summed E-state index contributed by atoms with van der Waals surface area (Å²) in [4.78, 5) is 12.2. The summed E-state index contributed by atoms with van der Waals surface area (Å²) in [5.74, 6) is -0.580. The van der Waals surface area contributed by atoms with Crippen LogP contribution in [-0.2, 0) is 14.8 Å². The molecule has 1 amide bonds. The van der Waals surface area contributed by atoms with Gasteiger partial charge in [-0.05, 0) is 29.0 Å². The van der Waals surface area contributed by atoms with Crippen molar-refractivity contribution in [3.05, 3.63) is 72.3 Å². The topological polar surface area (TPSA) is 99.1 Å². The predicted octanol–water partition coefficient (Wildman–Crippen LogP) is 2.46. The molecule has 0 unspecified atom stereocenters. The van der Waals surface area contributed by atoms with E-state index in [-0.39, 0.29) is 5.75 Å². The van der Waals surface area contributed by atoms with Crippen LogP contribution >= 0.6 is 0 Å². The van der Waals surface area contributed by atoms with Gasteiger partial charge < -0.3 is 5.11 Å². The zero-order valence-corrected chi connectivity index (χ0v) is 15.9. The van der Waals surface area contributed by atoms with Gasteiger partial charge in [-0.15, -0.1) is 0 Å². The van der Waals surface area contributed by atoms with Gasteiger partial charge in [-0.1, -0.05) is 48.5 Å². The minimum atomic E-state index is -3.65. The number of hydrazone groups is 1. The van der Waals surface area contributed by atoms with Crippen LogP contribution in [0.2, 0.25) is 0 Å². The fourth-order valence-electron chi connectivity index (χ4n) is 2.75. The number of carbonyl (C=O) groups is 1. The smallest absolute Gasteiger partial charge is 0.260 e. The lowest BCUT2D eigenvalue weighted by atomic mass is 10.0. The van der Waals surface area contributed by atoms with Gasteiger partial charge in [0.15, 0.2) is 0 Å². The molecule has 0 bridgehead atoms. The zero-order valence-electron chi connectivity index (χ0n) is 15.1. The van der Waals surface area contributed by atoms with E-state index in [1.807, 2.05) is 24.3 Å². The Labute approximate surface area is 163 Å². The van der Waals surface area contributed by atoms with Crippen LogP contribution in [-0.4, -0.2) is 38.4 Å². The Bertz CT molecular complexity index is 1130. The molecule has 8 heteroatoms. The maximum atomic E-state index is 12.2. The molecule has 3 aromatic carbocycles. The van der Waals surface area contributed by atoms with Gasteiger partial charge in [0, 0.05) is 5.56 Å². The van der Waals surface area contributed by atoms with Crippen LogP contribution in [0.5, 0.6) is 5.75 Å². The van der Waals surface area contributed by atoms with Crippen molar-refractivity contribution in [2.75, 3.05) is 17.1 Å². The summed E-state index contributed by atoms with van der Waals surface area (Å²) in [6, 6.07) is 19.1. The Balaban J connectivity index is 1.76. The summed E-state index contributed by atoms with van der Waals surface area (Å²) in [7, 11) is -3.65. The van der Waals surface area contributed by atoms with Gasteiger partial charge in [0.25, 0.3) is 5.91 Å². The van der Waals surface area contributed by atoms with Gasteiger partial charge in [0.05, 0.1) is 18.2 Å². The number of nitrogens with one attached hydrogen (secondary N) is 1. The minimum Gasteiger partial charge on any atom is -0.507 e. The maximum absolute atomic E-state index is 12.2. The standard InChI is InChI=1S/C20H19N3O4S/c1-28(26,27)23(16-8-3-2-4-9-16)14-20(25)22-21-13-18-17-10-6-5-7-15(17)11-12-19(18)24/h2-13,24H,14H2,1H3,(H,22,25)/b21-13-. The zero-order chi connectivity index (χ0) is 20.1. The highest BCUT2D eigenvalue weighted by atomic mass is 32.2. The average Bonchev–Trinajstić information content (AvgIpc) is 2.67. The third kappa shape index (κ3) is 4.47. The number of fused-ring (bicyclic) bond motifs is 1. The number of para-hydroxylation sites is 1. The second-order valence-electron chi connectivity index (χ2n) is 6.12. The molecule has 2 N–H and O–H groups in total. The largest absolute Gasteiger partial charge is 0.507 e. The second-order valence-corrected chi connectivity index (χ2v) is 8.02. The Morgan fingerprint density at radius 2 is 1.75 bits per heavy atom. The number of hydrogen-bond acceptors (Lipinski definition) is 5. The van der Waals surface area contributed by atoms with Gasteiger partial charge in [0.1, 0.15) is 12.3 Å². The van der Waals surface area contributed by atoms with Crippen molar-refractivity contribution in [1.82, 2.24) is 5.43 Å². The van der Waals surface area contributed by atoms with E-state index >= 15 is 0 Å². The van der Waals surface area contributed by atoms with Crippen LogP contribution in [0.4, 0.5) is 5.69 Å². The minimum absolute atomic E-state index is 0.0266. The summed E-state index contributed by atoms with van der Waals surface area (Å²) in [5.41, 5.74) is 3.15. The van der Waals surface area contributed by atoms with Crippen LogP contribution in [0.25, 0.3) is 10.8 Å². The van der Waals surface area contributed by atoms with Crippen LogP contribution in [0.15, 0.2) is 71.8 Å². The van der Waals surface area contributed by atoms with Crippen molar-refractivity contribution in [3.8, 4) is 5.75 Å². The monoisotopic (exact) mass is 397 g/mol. The van der Waals surface area contributed by atoms with E-state index < -0.39 is 22.5 Å². The molecular formula is C20H19N3O4S. The Hall–Kier alpha value is -3.39. The molecule has 0 heterocycles. The molecule has 0 saturated heterocycles. The molecule has 0 aliphatic carbocycles. The first-order valence-electron chi connectivity index (χ1n) is 8.41. The van der Waals surface area contributed by atoms with Crippen LogP contribution in [0.3, 0.4) is 0 Å². The van der Waals surface area contributed by atoms with E-state index in [1.54, 1.807) is 42.5 Å². The Morgan fingerprint density at radius 1 is 1.07 bits per heavy atom. The van der Waals surface area contributed by atoms with Crippen molar-refractivity contribution in [2.45, 2.75) is 0 Å². The molecular weight excluding hydrogens is 378 g/mol. The Kier molecular flexibility index (Phi) is 5.60. The number of nitrogens with zero attached hydrogens (tertiary/aromatic N) is 2. The third-order valence-corrected chi connectivity index (χ3v) is 5.20. The van der Waals surface area contributed by atoms with Gasteiger partial charge >= 0.3 is 0 Å². The van der Waals surface area contributed by atoms with E-state index in [1.165, 1.54) is 6.21 Å². The number of rotatable bonds is 6. The number of sulfonamides is 1. The molecule has 0 aliphatic rings. The molecule has 144 valence electrons.